The number of non-ortho nitro benzene ring substituents is 1. The molecule has 0 aliphatic heterocycles. The lowest BCUT2D eigenvalue weighted by atomic mass is 10.1. The van der Waals surface area contributed by atoms with Crippen LogP contribution in [0.4, 0.5) is 17.1 Å². The predicted octanol–water partition coefficient (Wildman–Crippen LogP) is 4.79. The van der Waals surface area contributed by atoms with Crippen LogP contribution >= 0.6 is 22.6 Å². The Hall–Kier alpha value is -2.68. The van der Waals surface area contributed by atoms with Crippen molar-refractivity contribution in [1.82, 2.24) is 0 Å². The van der Waals surface area contributed by atoms with E-state index in [4.69, 9.17) is 0 Å². The zero-order valence-corrected chi connectivity index (χ0v) is 14.4. The zero-order chi connectivity index (χ0) is 17.3. The maximum Gasteiger partial charge on any atom is 0.338 e. The summed E-state index contributed by atoms with van der Waals surface area (Å²) in [4.78, 5) is 21.7. The zero-order valence-electron chi connectivity index (χ0n) is 12.2. The van der Waals surface area contributed by atoms with Crippen molar-refractivity contribution in [2.45, 2.75) is 0 Å². The van der Waals surface area contributed by atoms with Crippen LogP contribution in [0, 0.1) is 13.7 Å². The highest BCUT2D eigenvalue weighted by molar-refractivity contribution is 14.1. The largest absolute Gasteiger partial charge is 0.478 e. The van der Waals surface area contributed by atoms with E-state index in [0.29, 0.717) is 5.69 Å². The number of hydrogen-bond donors (Lipinski definition) is 2. The van der Waals surface area contributed by atoms with Gasteiger partial charge in [-0.15, -0.1) is 0 Å². The molecule has 0 radical (unpaired) electrons. The Bertz CT molecular complexity index is 972. The fraction of sp³-hybridized carbons (Fsp3) is 0. The highest BCUT2D eigenvalue weighted by atomic mass is 127. The minimum absolute atomic E-state index is 0.145. The van der Waals surface area contributed by atoms with Crippen LogP contribution in [0.5, 0.6) is 0 Å². The van der Waals surface area contributed by atoms with Gasteiger partial charge in [0.25, 0.3) is 5.69 Å². The summed E-state index contributed by atoms with van der Waals surface area (Å²) in [6.45, 7) is 0. The van der Waals surface area contributed by atoms with E-state index in [2.05, 4.69) is 27.9 Å². The van der Waals surface area contributed by atoms with E-state index in [0.717, 1.165) is 26.1 Å². The molecule has 120 valence electrons. The van der Waals surface area contributed by atoms with Crippen LogP contribution in [0.3, 0.4) is 0 Å². The first-order valence-electron chi connectivity index (χ1n) is 6.93. The van der Waals surface area contributed by atoms with Gasteiger partial charge in [0.1, 0.15) is 0 Å². The third-order valence-electron chi connectivity index (χ3n) is 3.58. The van der Waals surface area contributed by atoms with Crippen LogP contribution in [-0.2, 0) is 0 Å². The molecular formula is C17H11IN2O4. The molecule has 0 unspecified atom stereocenters. The summed E-state index contributed by atoms with van der Waals surface area (Å²) in [5.41, 5.74) is 0.672. The second-order valence-electron chi connectivity index (χ2n) is 5.06. The van der Waals surface area contributed by atoms with Gasteiger partial charge in [0.15, 0.2) is 0 Å². The van der Waals surface area contributed by atoms with E-state index in [-0.39, 0.29) is 11.3 Å². The molecule has 0 saturated heterocycles. The molecule has 6 nitrogen and oxygen atoms in total. The highest BCUT2D eigenvalue weighted by Gasteiger charge is 2.17. The van der Waals surface area contributed by atoms with Crippen molar-refractivity contribution < 1.29 is 14.8 Å². The number of nitro groups is 1. The molecule has 0 aliphatic rings. The Balaban J connectivity index is 2.14. The standard InChI is InChI=1S/C17H11IN2O4/c18-14-7-5-10-3-1-2-4-12(10)16(14)19-15-8-6-11(20(23)24)9-13(15)17(21)22/h1-9,19H,(H,21,22). The van der Waals surface area contributed by atoms with Crippen molar-refractivity contribution in [3.05, 3.63) is 73.8 Å². The number of nitro benzene ring substituents is 1. The number of halogens is 1. The second-order valence-corrected chi connectivity index (χ2v) is 6.22. The first kappa shape index (κ1) is 16.2. The molecule has 0 bridgehead atoms. The number of aromatic carboxylic acids is 1. The number of nitrogens with one attached hydrogen (secondary N) is 1. The van der Waals surface area contributed by atoms with Crippen LogP contribution in [0.2, 0.25) is 0 Å². The Labute approximate surface area is 150 Å². The number of anilines is 2. The maximum absolute atomic E-state index is 11.5. The van der Waals surface area contributed by atoms with Crippen molar-refractivity contribution >= 4 is 56.4 Å². The van der Waals surface area contributed by atoms with E-state index in [1.807, 2.05) is 36.4 Å². The van der Waals surface area contributed by atoms with E-state index < -0.39 is 10.9 Å². The SMILES string of the molecule is O=C(O)c1cc([N+](=O)[O-])ccc1Nc1c(I)ccc2ccccc12. The van der Waals surface area contributed by atoms with Crippen molar-refractivity contribution in [2.24, 2.45) is 0 Å². The molecular weight excluding hydrogens is 423 g/mol. The number of carboxylic acid groups (broad SMARTS) is 1. The lowest BCUT2D eigenvalue weighted by molar-refractivity contribution is -0.384. The van der Waals surface area contributed by atoms with Crippen molar-refractivity contribution in [1.29, 1.82) is 0 Å². The number of carbonyl (C=O) groups is 1. The Kier molecular flexibility index (Phi) is 4.34. The lowest BCUT2D eigenvalue weighted by Crippen LogP contribution is -2.05. The number of carboxylic acids is 1. The molecule has 0 heterocycles. The first-order valence-corrected chi connectivity index (χ1v) is 8.01. The number of benzene rings is 3. The Morgan fingerprint density at radius 3 is 2.58 bits per heavy atom. The summed E-state index contributed by atoms with van der Waals surface area (Å²) in [6.07, 6.45) is 0. The summed E-state index contributed by atoms with van der Waals surface area (Å²) in [5, 5.41) is 25.3. The molecule has 3 aromatic rings. The summed E-state index contributed by atoms with van der Waals surface area (Å²) < 4.78 is 0.918. The third kappa shape index (κ3) is 3.02. The fourth-order valence-electron chi connectivity index (χ4n) is 2.44. The summed E-state index contributed by atoms with van der Waals surface area (Å²) in [6, 6.07) is 15.4. The molecule has 24 heavy (non-hydrogen) atoms. The number of nitrogens with zero attached hydrogens (tertiary/aromatic N) is 1. The highest BCUT2D eigenvalue weighted by Crippen LogP contribution is 2.33. The molecule has 0 amide bonds. The summed E-state index contributed by atoms with van der Waals surface area (Å²) >= 11 is 2.16. The van der Waals surface area contributed by atoms with Crippen LogP contribution in [-0.4, -0.2) is 16.0 Å². The second kappa shape index (κ2) is 6.44. The van der Waals surface area contributed by atoms with Crippen LogP contribution < -0.4 is 5.32 Å². The van der Waals surface area contributed by atoms with E-state index >= 15 is 0 Å². The van der Waals surface area contributed by atoms with Crippen LogP contribution in [0.25, 0.3) is 10.8 Å². The average Bonchev–Trinajstić information content (AvgIpc) is 2.57. The Morgan fingerprint density at radius 2 is 1.88 bits per heavy atom. The Morgan fingerprint density at radius 1 is 1.12 bits per heavy atom. The molecule has 0 spiro atoms. The topological polar surface area (TPSA) is 92.5 Å². The molecule has 0 atom stereocenters. The molecule has 0 saturated carbocycles. The van der Waals surface area contributed by atoms with Gasteiger partial charge in [-0.1, -0.05) is 30.3 Å². The van der Waals surface area contributed by atoms with Gasteiger partial charge in [0.2, 0.25) is 0 Å². The maximum atomic E-state index is 11.5. The lowest BCUT2D eigenvalue weighted by Gasteiger charge is -2.14. The number of fused-ring (bicyclic) bond motifs is 1. The van der Waals surface area contributed by atoms with Gasteiger partial charge in [0, 0.05) is 21.1 Å². The van der Waals surface area contributed by atoms with E-state index in [1.54, 1.807) is 0 Å². The van der Waals surface area contributed by atoms with E-state index in [9.17, 15) is 20.0 Å². The molecule has 3 aromatic carbocycles. The van der Waals surface area contributed by atoms with Crippen molar-refractivity contribution in [3.63, 3.8) is 0 Å². The molecule has 0 fully saturated rings. The average molecular weight is 434 g/mol. The quantitative estimate of drug-likeness (QED) is 0.350. The smallest absolute Gasteiger partial charge is 0.338 e. The summed E-state index contributed by atoms with van der Waals surface area (Å²) in [7, 11) is 0. The van der Waals surface area contributed by atoms with Gasteiger partial charge in [-0.25, -0.2) is 4.79 Å². The van der Waals surface area contributed by atoms with Crippen LogP contribution in [0.15, 0.2) is 54.6 Å². The molecule has 0 aromatic heterocycles. The number of rotatable bonds is 4. The molecule has 7 heteroatoms. The monoisotopic (exact) mass is 434 g/mol. The normalized spacial score (nSPS) is 10.5. The minimum Gasteiger partial charge on any atom is -0.478 e. The summed E-state index contributed by atoms with van der Waals surface area (Å²) in [5.74, 6) is -1.23. The fourth-order valence-corrected chi connectivity index (χ4v) is 3.04. The van der Waals surface area contributed by atoms with Gasteiger partial charge in [-0.05, 0) is 40.1 Å². The predicted molar refractivity (Wildman–Crippen MR) is 100 cm³/mol. The number of hydrogen-bond acceptors (Lipinski definition) is 4. The van der Waals surface area contributed by atoms with Gasteiger partial charge < -0.3 is 10.4 Å². The van der Waals surface area contributed by atoms with Gasteiger partial charge >= 0.3 is 5.97 Å². The van der Waals surface area contributed by atoms with Gasteiger partial charge in [0.05, 0.1) is 21.9 Å². The molecule has 2 N–H and O–H groups in total. The molecule has 0 aliphatic carbocycles. The minimum atomic E-state index is -1.23. The molecule has 3 rings (SSSR count). The van der Waals surface area contributed by atoms with Gasteiger partial charge in [-0.3, -0.25) is 10.1 Å². The van der Waals surface area contributed by atoms with Gasteiger partial charge in [-0.2, -0.15) is 0 Å². The van der Waals surface area contributed by atoms with Crippen molar-refractivity contribution in [2.75, 3.05) is 5.32 Å². The first-order chi connectivity index (χ1) is 11.5. The van der Waals surface area contributed by atoms with Crippen LogP contribution in [0.1, 0.15) is 10.4 Å². The van der Waals surface area contributed by atoms with E-state index in [1.165, 1.54) is 12.1 Å². The van der Waals surface area contributed by atoms with Crippen molar-refractivity contribution in [3.8, 4) is 0 Å². The third-order valence-corrected chi connectivity index (χ3v) is 4.48.